The Bertz CT molecular complexity index is 5090. The number of nitrogens with two attached hydrogens (primary N) is 4. The summed E-state index contributed by atoms with van der Waals surface area (Å²) in [6.07, 6.45) is -10.7. The first kappa shape index (κ1) is 91.6. The molecular weight excluding hydrogens is 1780 g/mol. The van der Waals surface area contributed by atoms with Crippen LogP contribution in [0.5, 0.6) is 0 Å². The van der Waals surface area contributed by atoms with Crippen LogP contribution >= 0.6 is 41.9 Å². The molecular formula is C61H85BrN17O28P4S5-3. The third-order valence-corrected chi connectivity index (χ3v) is 26.8. The van der Waals surface area contributed by atoms with Gasteiger partial charge in [0.15, 0.2) is 18.0 Å². The Morgan fingerprint density at radius 3 is 1.77 bits per heavy atom. The zero-order valence-electron chi connectivity index (χ0n) is 61.9. The molecule has 5 fully saturated rings. The zero-order chi connectivity index (χ0) is 83.6. The van der Waals surface area contributed by atoms with Crippen molar-refractivity contribution in [2.24, 2.45) is 17.6 Å². The van der Waals surface area contributed by atoms with E-state index in [-0.39, 0.29) is 141 Å². The van der Waals surface area contributed by atoms with E-state index < -0.39 is 178 Å². The molecule has 19 atom stereocenters. The highest BCUT2D eigenvalue weighted by Gasteiger charge is 2.48. The average Bonchev–Trinajstić information content (AvgIpc) is 1.63. The molecule has 116 heavy (non-hydrogen) atoms. The molecule has 0 bridgehead atoms. The third kappa shape index (κ3) is 24.4. The summed E-state index contributed by atoms with van der Waals surface area (Å²) in [6.45, 7) is -9.85. The Hall–Kier alpha value is -5.10. The topological polar surface area (TPSA) is 594 Å². The van der Waals surface area contributed by atoms with Gasteiger partial charge >= 0.3 is 29.5 Å². The van der Waals surface area contributed by atoms with E-state index in [1.165, 1.54) is 53.1 Å². The number of imidazole rings is 1. The van der Waals surface area contributed by atoms with Crippen LogP contribution in [0, 0.1) is 18.8 Å². The maximum Gasteiger partial charge on any atom is 0.351 e. The van der Waals surface area contributed by atoms with Crippen LogP contribution in [0.3, 0.4) is 0 Å². The average molecular weight is 1870 g/mol. The number of halogens is 1. The molecule has 1 amide bonds. The number of anilines is 3. The summed E-state index contributed by atoms with van der Waals surface area (Å²) in [5, 5.41) is 13.0. The van der Waals surface area contributed by atoms with Crippen LogP contribution in [0.25, 0.3) is 11.2 Å². The molecule has 5 aliphatic rings. The fourth-order valence-corrected chi connectivity index (χ4v) is 20.3. The Morgan fingerprint density at radius 1 is 0.629 bits per heavy atom. The molecule has 0 aliphatic carbocycles. The number of carbonyl (C=O) groups excluding carboxylic acids is 1. The van der Waals surface area contributed by atoms with Crippen LogP contribution < -0.4 is 72.6 Å². The number of fused-ring (bicyclic) bond motifs is 1. The van der Waals surface area contributed by atoms with E-state index in [0.717, 1.165) is 19.9 Å². The zero-order valence-corrected chi connectivity index (χ0v) is 71.2. The van der Waals surface area contributed by atoms with Crippen LogP contribution in [0.4, 0.5) is 17.6 Å². The lowest BCUT2D eigenvalue weighted by Gasteiger charge is -2.35. The van der Waals surface area contributed by atoms with Crippen molar-refractivity contribution in [3.05, 3.63) is 126 Å². The molecule has 55 heteroatoms. The first-order valence-corrected chi connectivity index (χ1v) is 48.0. The minimum Gasteiger partial charge on any atom is -0.780 e. The Labute approximate surface area is 691 Å². The number of rotatable bonds is 42. The molecule has 6 aromatic rings. The van der Waals surface area contributed by atoms with Gasteiger partial charge in [0.05, 0.1) is 126 Å². The molecule has 5 saturated heterocycles. The number of nitrogens with one attached hydrogen (secondary N) is 4. The van der Waals surface area contributed by atoms with E-state index in [2.05, 4.69) is 56.1 Å². The van der Waals surface area contributed by atoms with Crippen molar-refractivity contribution in [1.82, 2.24) is 63.0 Å². The highest BCUT2D eigenvalue weighted by atomic mass is 79.9. The number of aryl methyl sites for hydroxylation is 1. The van der Waals surface area contributed by atoms with Gasteiger partial charge in [0, 0.05) is 75.5 Å². The molecule has 0 saturated carbocycles. The number of nitrogens with zero attached hydrogens (tertiary/aromatic N) is 9. The minimum atomic E-state index is -4.84. The molecule has 11 heterocycles. The van der Waals surface area contributed by atoms with Gasteiger partial charge in [-0.3, -0.25) is 61.5 Å². The number of aliphatic hydroxyl groups excluding tert-OH is 1. The van der Waals surface area contributed by atoms with Gasteiger partial charge in [-0.25, -0.2) is 24.2 Å². The van der Waals surface area contributed by atoms with Crippen molar-refractivity contribution in [3.63, 3.8) is 0 Å². The van der Waals surface area contributed by atoms with Crippen molar-refractivity contribution in [1.29, 1.82) is 0 Å². The van der Waals surface area contributed by atoms with Crippen LogP contribution in [0.1, 0.15) is 89.1 Å². The third-order valence-electron chi connectivity index (χ3n) is 18.6. The van der Waals surface area contributed by atoms with Gasteiger partial charge < -0.3 is 141 Å². The number of hydrogen-bond donors (Lipinski definition) is 9. The van der Waals surface area contributed by atoms with E-state index in [0.29, 0.717) is 19.6 Å². The van der Waals surface area contributed by atoms with Gasteiger partial charge in [-0.2, -0.15) is 15.0 Å². The lowest BCUT2D eigenvalue weighted by atomic mass is 9.89. The van der Waals surface area contributed by atoms with Crippen LogP contribution in [0.2, 0.25) is 0 Å². The summed E-state index contributed by atoms with van der Waals surface area (Å²) in [6, 6.07) is 2.77. The lowest BCUT2D eigenvalue weighted by Crippen LogP contribution is -2.33. The molecule has 45 nitrogen and oxygen atoms in total. The Kier molecular flexibility index (Phi) is 32.2. The smallest absolute Gasteiger partial charge is 0.351 e. The molecule has 0 aromatic carbocycles. The van der Waals surface area contributed by atoms with E-state index in [1.807, 2.05) is 13.8 Å². The molecule has 5 aliphatic heterocycles. The minimum absolute atomic E-state index is 0.0189. The van der Waals surface area contributed by atoms with E-state index in [4.69, 9.17) is 161 Å². The quantitative estimate of drug-likeness (QED) is 0.0134. The van der Waals surface area contributed by atoms with Crippen molar-refractivity contribution in [2.75, 3.05) is 110 Å². The predicted molar refractivity (Wildman–Crippen MR) is 425 cm³/mol. The summed E-state index contributed by atoms with van der Waals surface area (Å²) in [7, 11) is 0. The number of H-pyrrole nitrogens is 3. The molecule has 11 rings (SSSR count). The standard InChI is InChI=1S/C61H88BrN17O28P4S5/c1-31(2)33-18-47(75-9-4-44(64)69-58(75)85)100-40(33)26-97-110(114,94-17-16-93-15-14-92-13-8-67-46(81)6-11-91-12-7-63)106-37-21-49(77-23-32(3)54(82)73-60(77)87)102-43(37)29-98-111(115,116)107-38-22-51(79-30-68-52-53(79)71-57(66)72-56(52)84)103-42(38)28-96-109(90,113)105-36-20-48(76-10-5-45(65)70-59(76)86)101-41(36)27-95-108(89,112)104-35-19-50(99-39(35)25-80)78-24-34(62)55(83)74-61(78)88/h4-5,9-10,23-24,30-31,33,35-43,47-51,80H,6-8,11-22,25-29,63H2,1-3H3,(H,67,81)(H,89,112)(H,90,113)(H,115,116)(H2,64,69,85)(H2,65,70,86)(H,73,82,87)(H,74,83,88)(H3,66,71,72,84)/p-3/t33?,35?,36?,37?,38?,39-,40-,41-,42-,43-,47-,48-,49-,50-,51-,108?,109?,110?/m1/s1. The van der Waals surface area contributed by atoms with Crippen molar-refractivity contribution < 1.29 is 98.0 Å². The number of amides is 1. The number of nitrogen functional groups attached to an aromatic ring is 3. The van der Waals surface area contributed by atoms with Gasteiger partial charge in [0.25, 0.3) is 16.7 Å². The summed E-state index contributed by atoms with van der Waals surface area (Å²) in [4.78, 5) is 140. The Morgan fingerprint density at radius 2 is 1.15 bits per heavy atom. The maximum absolute atomic E-state index is 14.7. The molecule has 13 N–H and O–H groups in total. The fourth-order valence-electron chi connectivity index (χ4n) is 13.0. The number of aromatic nitrogens is 12. The van der Waals surface area contributed by atoms with Gasteiger partial charge in [0.2, 0.25) is 11.9 Å². The molecule has 0 radical (unpaired) electrons. The fraction of sp³-hybridized carbons (Fsp3) is 0.639. The van der Waals surface area contributed by atoms with Gasteiger partial charge in [-0.1, -0.05) is 37.5 Å². The van der Waals surface area contributed by atoms with Gasteiger partial charge in [-0.15, -0.1) is 0 Å². The number of hydrogen-bond acceptors (Lipinski definition) is 41. The van der Waals surface area contributed by atoms with Crippen LogP contribution in [-0.2, 0) is 148 Å². The summed E-state index contributed by atoms with van der Waals surface area (Å²) >= 11 is 32.0. The SMILES string of the molecule is Cc1cn([C@H]2CC(OP(=S)(OCCOCCOCCNC(=O)CCOCCN)OC[C@H]3O[C@@H](n4ccc(N)nc4=O)CC3C(C)C)[C@@H](COP(=S)([S-])OC3C[C@H](n4cnc5c(=O)[nH]c(N)nc54)O[C@@H]3COP(=O)([S-])OC3C[C@H](n4ccc(N)nc4=O)O[C@@H]3COP([O-])(=S)OC3C[C@H](n4cc(Br)c(=O)[nH]c4=O)O[C@@H]3CO)O2)c(=O)[nH]c1=O. The second-order valence-corrected chi connectivity index (χ2v) is 41.2. The van der Waals surface area contributed by atoms with Crippen molar-refractivity contribution >= 4 is 136 Å². The van der Waals surface area contributed by atoms with Gasteiger partial charge in [-0.05, 0) is 65.0 Å². The second-order valence-electron chi connectivity index (χ2n) is 27.0. The van der Waals surface area contributed by atoms with Crippen LogP contribution in [0.15, 0.2) is 81.3 Å². The predicted octanol–water partition coefficient (Wildman–Crippen LogP) is -0.372. The first-order valence-electron chi connectivity index (χ1n) is 35.9. The summed E-state index contributed by atoms with van der Waals surface area (Å²) in [5.41, 5.74) is 13.6. The van der Waals surface area contributed by atoms with Crippen LogP contribution in [-0.4, -0.2) is 216 Å². The number of aliphatic hydroxyl groups is 1. The second kappa shape index (κ2) is 40.7. The number of ether oxygens (including phenoxy) is 8. The molecule has 642 valence electrons. The normalized spacial score (nSPS) is 27.0. The summed E-state index contributed by atoms with van der Waals surface area (Å²) < 4.78 is 125. The highest BCUT2D eigenvalue weighted by Crippen LogP contribution is 2.57. The molecule has 9 unspecified atom stereocenters. The maximum atomic E-state index is 14.7. The number of carbonyl (C=O) groups is 1. The van der Waals surface area contributed by atoms with Gasteiger partial charge in [0.1, 0.15) is 73.9 Å². The largest absolute Gasteiger partial charge is 0.780 e. The Balaban J connectivity index is 0.801. The van der Waals surface area contributed by atoms with E-state index in [1.54, 1.807) is 0 Å². The summed E-state index contributed by atoms with van der Waals surface area (Å²) in [5.74, 6) is -0.858. The lowest BCUT2D eigenvalue weighted by molar-refractivity contribution is -0.215. The van der Waals surface area contributed by atoms with Crippen molar-refractivity contribution in [2.45, 2.75) is 145 Å². The van der Waals surface area contributed by atoms with E-state index >= 15 is 0 Å². The highest BCUT2D eigenvalue weighted by molar-refractivity contribution is 9.10. The van der Waals surface area contributed by atoms with Crippen molar-refractivity contribution in [3.8, 4) is 0 Å². The monoisotopic (exact) mass is 1870 g/mol. The molecule has 0 spiro atoms. The number of aromatic amines is 3. The van der Waals surface area contributed by atoms with E-state index in [9.17, 15) is 52.9 Å². The molecule has 6 aromatic heterocycles. The first-order chi connectivity index (χ1) is 55.1.